The van der Waals surface area contributed by atoms with E-state index in [2.05, 4.69) is 10.3 Å². The molecule has 146 valence electrons. The second-order valence-electron chi connectivity index (χ2n) is 7.53. The molecule has 1 N–H and O–H groups in total. The lowest BCUT2D eigenvalue weighted by atomic mass is 10.1. The van der Waals surface area contributed by atoms with E-state index in [1.54, 1.807) is 49.4 Å². The molecule has 0 aliphatic heterocycles. The Balaban J connectivity index is 2.11. The Morgan fingerprint density at radius 1 is 1.18 bits per heavy atom. The van der Waals surface area contributed by atoms with Gasteiger partial charge in [-0.25, -0.2) is 4.98 Å². The molecule has 0 radical (unpaired) electrons. The Kier molecular flexibility index (Phi) is 5.82. The summed E-state index contributed by atoms with van der Waals surface area (Å²) < 4.78 is 1.51. The highest BCUT2D eigenvalue weighted by atomic mass is 35.5. The van der Waals surface area contributed by atoms with Crippen LogP contribution >= 0.6 is 23.4 Å². The zero-order valence-corrected chi connectivity index (χ0v) is 17.8. The summed E-state index contributed by atoms with van der Waals surface area (Å²) in [6, 6.07) is 14.2. The summed E-state index contributed by atoms with van der Waals surface area (Å²) in [6.07, 6.45) is 0. The SMILES string of the molecule is C[C@@H](Sc1nc2ccccc2c(=O)n1-c1cccc(Cl)c1)C(=O)NC(C)(C)C. The fraction of sp³-hybridized carbons (Fsp3) is 0.286. The average Bonchev–Trinajstić information content (AvgIpc) is 2.60. The maximum atomic E-state index is 13.2. The first kappa shape index (κ1) is 20.4. The van der Waals surface area contributed by atoms with Gasteiger partial charge in [-0.1, -0.05) is 41.6 Å². The second kappa shape index (κ2) is 7.97. The van der Waals surface area contributed by atoms with Crippen LogP contribution in [0.2, 0.25) is 5.02 Å². The Morgan fingerprint density at radius 3 is 2.57 bits per heavy atom. The van der Waals surface area contributed by atoms with E-state index in [-0.39, 0.29) is 17.0 Å². The number of carbonyl (C=O) groups is 1. The normalized spacial score (nSPS) is 12.8. The molecule has 0 aliphatic rings. The molecule has 1 aromatic heterocycles. The maximum Gasteiger partial charge on any atom is 0.266 e. The van der Waals surface area contributed by atoms with Crippen molar-refractivity contribution < 1.29 is 4.79 Å². The van der Waals surface area contributed by atoms with Gasteiger partial charge in [0.05, 0.1) is 21.8 Å². The first-order valence-corrected chi connectivity index (χ1v) is 10.2. The maximum absolute atomic E-state index is 13.2. The van der Waals surface area contributed by atoms with E-state index in [0.29, 0.717) is 26.8 Å². The first-order chi connectivity index (χ1) is 13.2. The Labute approximate surface area is 173 Å². The van der Waals surface area contributed by atoms with Crippen LogP contribution in [0.3, 0.4) is 0 Å². The molecule has 1 atom stereocenters. The summed E-state index contributed by atoms with van der Waals surface area (Å²) >= 11 is 7.39. The first-order valence-electron chi connectivity index (χ1n) is 8.92. The lowest BCUT2D eigenvalue weighted by molar-refractivity contribution is -0.121. The van der Waals surface area contributed by atoms with Crippen LogP contribution in [0.5, 0.6) is 0 Å². The number of thioether (sulfide) groups is 1. The van der Waals surface area contributed by atoms with Gasteiger partial charge in [-0.2, -0.15) is 0 Å². The molecule has 3 aromatic rings. The van der Waals surface area contributed by atoms with E-state index in [0.717, 1.165) is 0 Å². The minimum Gasteiger partial charge on any atom is -0.351 e. The van der Waals surface area contributed by atoms with Gasteiger partial charge >= 0.3 is 0 Å². The van der Waals surface area contributed by atoms with Crippen LogP contribution in [0.4, 0.5) is 0 Å². The molecular formula is C21H22ClN3O2S. The highest BCUT2D eigenvalue weighted by molar-refractivity contribution is 8.00. The molecule has 1 heterocycles. The number of nitrogens with one attached hydrogen (secondary N) is 1. The van der Waals surface area contributed by atoms with Gasteiger partial charge in [-0.05, 0) is 58.0 Å². The Morgan fingerprint density at radius 2 is 1.89 bits per heavy atom. The molecule has 5 nitrogen and oxygen atoms in total. The van der Waals surface area contributed by atoms with Crippen molar-refractivity contribution in [2.75, 3.05) is 0 Å². The van der Waals surface area contributed by atoms with Crippen molar-refractivity contribution in [1.29, 1.82) is 0 Å². The smallest absolute Gasteiger partial charge is 0.266 e. The van der Waals surface area contributed by atoms with E-state index >= 15 is 0 Å². The number of halogens is 1. The Bertz CT molecular complexity index is 1090. The van der Waals surface area contributed by atoms with Gasteiger partial charge in [0.1, 0.15) is 0 Å². The topological polar surface area (TPSA) is 64.0 Å². The zero-order chi connectivity index (χ0) is 20.5. The van der Waals surface area contributed by atoms with Gasteiger partial charge in [0, 0.05) is 10.6 Å². The van der Waals surface area contributed by atoms with Crippen LogP contribution in [-0.4, -0.2) is 26.2 Å². The molecule has 7 heteroatoms. The van der Waals surface area contributed by atoms with E-state index in [1.807, 2.05) is 26.8 Å². The van der Waals surface area contributed by atoms with Crippen molar-refractivity contribution in [3.8, 4) is 5.69 Å². The molecule has 28 heavy (non-hydrogen) atoms. The highest BCUT2D eigenvalue weighted by Gasteiger charge is 2.23. The number of fused-ring (bicyclic) bond motifs is 1. The van der Waals surface area contributed by atoms with Crippen molar-refractivity contribution in [3.05, 3.63) is 63.9 Å². The molecule has 0 aliphatic carbocycles. The third-order valence-corrected chi connectivity index (χ3v) is 5.25. The molecular weight excluding hydrogens is 394 g/mol. The van der Waals surface area contributed by atoms with Crippen LogP contribution < -0.4 is 10.9 Å². The van der Waals surface area contributed by atoms with Crippen molar-refractivity contribution in [3.63, 3.8) is 0 Å². The van der Waals surface area contributed by atoms with E-state index in [9.17, 15) is 9.59 Å². The average molecular weight is 416 g/mol. The molecule has 0 saturated heterocycles. The number of nitrogens with zero attached hydrogens (tertiary/aromatic N) is 2. The minimum atomic E-state index is -0.433. The highest BCUT2D eigenvalue weighted by Crippen LogP contribution is 2.26. The fourth-order valence-electron chi connectivity index (χ4n) is 2.72. The fourth-order valence-corrected chi connectivity index (χ4v) is 3.83. The number of hydrogen-bond donors (Lipinski definition) is 1. The van der Waals surface area contributed by atoms with Crippen molar-refractivity contribution in [2.24, 2.45) is 0 Å². The van der Waals surface area contributed by atoms with Crippen molar-refractivity contribution in [2.45, 2.75) is 43.6 Å². The van der Waals surface area contributed by atoms with Crippen molar-refractivity contribution in [1.82, 2.24) is 14.9 Å². The zero-order valence-electron chi connectivity index (χ0n) is 16.2. The number of rotatable bonds is 4. The number of aromatic nitrogens is 2. The monoisotopic (exact) mass is 415 g/mol. The Hall–Kier alpha value is -2.31. The predicted molar refractivity (Wildman–Crippen MR) is 116 cm³/mol. The summed E-state index contributed by atoms with van der Waals surface area (Å²) in [7, 11) is 0. The predicted octanol–water partition coefficient (Wildman–Crippen LogP) is 4.43. The number of hydrogen-bond acceptors (Lipinski definition) is 4. The third kappa shape index (κ3) is 4.56. The van der Waals surface area contributed by atoms with E-state index in [1.165, 1.54) is 16.3 Å². The summed E-state index contributed by atoms with van der Waals surface area (Å²) in [5.41, 5.74) is 0.673. The van der Waals surface area contributed by atoms with E-state index < -0.39 is 5.25 Å². The van der Waals surface area contributed by atoms with Crippen LogP contribution in [-0.2, 0) is 4.79 Å². The number of carbonyl (C=O) groups excluding carboxylic acids is 1. The second-order valence-corrected chi connectivity index (χ2v) is 9.28. The van der Waals surface area contributed by atoms with Crippen LogP contribution in [0, 0.1) is 0 Å². The molecule has 2 aromatic carbocycles. The van der Waals surface area contributed by atoms with Gasteiger partial charge in [-0.3, -0.25) is 14.2 Å². The molecule has 0 saturated carbocycles. The van der Waals surface area contributed by atoms with E-state index in [4.69, 9.17) is 11.6 Å². The standard InChI is InChI=1S/C21H22ClN3O2S/c1-13(18(26)24-21(2,3)4)28-20-23-17-11-6-5-10-16(17)19(27)25(20)15-9-7-8-14(22)12-15/h5-13H,1-4H3,(H,24,26)/t13-/m1/s1. The quantitative estimate of drug-likeness (QED) is 0.505. The van der Waals surface area contributed by atoms with Gasteiger partial charge in [0.2, 0.25) is 5.91 Å². The summed E-state index contributed by atoms with van der Waals surface area (Å²) in [6.45, 7) is 7.59. The molecule has 0 fully saturated rings. The molecule has 3 rings (SSSR count). The summed E-state index contributed by atoms with van der Waals surface area (Å²) in [5, 5.41) is 4.01. The molecule has 0 unspecified atom stereocenters. The minimum absolute atomic E-state index is 0.113. The van der Waals surface area contributed by atoms with Crippen molar-refractivity contribution >= 4 is 40.2 Å². The van der Waals surface area contributed by atoms with Gasteiger partial charge in [0.15, 0.2) is 5.16 Å². The molecule has 0 spiro atoms. The lowest BCUT2D eigenvalue weighted by Crippen LogP contribution is -2.44. The lowest BCUT2D eigenvalue weighted by Gasteiger charge is -2.23. The van der Waals surface area contributed by atoms with Crippen LogP contribution in [0.15, 0.2) is 58.5 Å². The van der Waals surface area contributed by atoms with Crippen LogP contribution in [0.1, 0.15) is 27.7 Å². The number of amides is 1. The number of para-hydroxylation sites is 1. The largest absolute Gasteiger partial charge is 0.351 e. The summed E-state index contributed by atoms with van der Waals surface area (Å²) in [4.78, 5) is 30.4. The number of benzene rings is 2. The third-order valence-electron chi connectivity index (χ3n) is 3.96. The molecule has 1 amide bonds. The molecule has 0 bridgehead atoms. The van der Waals surface area contributed by atoms with Gasteiger partial charge < -0.3 is 5.32 Å². The van der Waals surface area contributed by atoms with Crippen LogP contribution in [0.25, 0.3) is 16.6 Å². The van der Waals surface area contributed by atoms with Gasteiger partial charge in [0.25, 0.3) is 5.56 Å². The summed E-state index contributed by atoms with van der Waals surface area (Å²) in [5.74, 6) is -0.113. The van der Waals surface area contributed by atoms with Gasteiger partial charge in [-0.15, -0.1) is 0 Å².